The minimum atomic E-state index is 0.468. The van der Waals surface area contributed by atoms with Crippen LogP contribution in [0.1, 0.15) is 41.0 Å². The van der Waals surface area contributed by atoms with Crippen LogP contribution in [0.15, 0.2) is 22.8 Å². The predicted molar refractivity (Wildman–Crippen MR) is 66.6 cm³/mol. The van der Waals surface area contributed by atoms with Crippen molar-refractivity contribution in [1.82, 2.24) is 0 Å². The minimum absolute atomic E-state index is 0.468. The van der Waals surface area contributed by atoms with Crippen LogP contribution < -0.4 is 0 Å². The van der Waals surface area contributed by atoms with E-state index in [0.29, 0.717) is 11.3 Å². The van der Waals surface area contributed by atoms with Crippen LogP contribution in [0.3, 0.4) is 0 Å². The van der Waals surface area contributed by atoms with Gasteiger partial charge in [-0.25, -0.2) is 0 Å². The van der Waals surface area contributed by atoms with E-state index in [1.54, 1.807) is 0 Å². The van der Waals surface area contributed by atoms with Gasteiger partial charge in [-0.3, -0.25) is 0 Å². The van der Waals surface area contributed by atoms with Gasteiger partial charge in [0.15, 0.2) is 0 Å². The molecule has 3 atom stereocenters. The number of hydrogen-bond donors (Lipinski definition) is 0. The van der Waals surface area contributed by atoms with E-state index in [2.05, 4.69) is 39.8 Å². The first kappa shape index (κ1) is 11.5. The first-order valence-electron chi connectivity index (χ1n) is 6.15. The van der Waals surface area contributed by atoms with E-state index in [-0.39, 0.29) is 0 Å². The molecule has 2 rings (SSSR count). The Morgan fingerprint density at radius 3 is 2.62 bits per heavy atom. The summed E-state index contributed by atoms with van der Waals surface area (Å²) < 4.78 is 0. The van der Waals surface area contributed by atoms with Crippen molar-refractivity contribution >= 4 is 0 Å². The summed E-state index contributed by atoms with van der Waals surface area (Å²) >= 11 is 0. The summed E-state index contributed by atoms with van der Waals surface area (Å²) in [5.41, 5.74) is 4.13. The summed E-state index contributed by atoms with van der Waals surface area (Å²) in [5.74, 6) is 2.12. The van der Waals surface area contributed by atoms with Crippen LogP contribution in [-0.4, -0.2) is 0 Å². The van der Waals surface area contributed by atoms with E-state index in [0.717, 1.165) is 17.4 Å². The second kappa shape index (κ2) is 3.48. The van der Waals surface area contributed by atoms with Gasteiger partial charge in [0.25, 0.3) is 0 Å². The van der Waals surface area contributed by atoms with Gasteiger partial charge in [-0.15, -0.1) is 0 Å². The Balaban J connectivity index is 2.37. The third kappa shape index (κ3) is 1.44. The molecule has 0 bridgehead atoms. The van der Waals surface area contributed by atoms with Gasteiger partial charge in [-0.1, -0.05) is 31.1 Å². The van der Waals surface area contributed by atoms with Gasteiger partial charge in [0, 0.05) is 11.5 Å². The SMILES string of the molecule is CC1=CCC2C(C1C(C)=C(C)C#N)C2(C)C. The monoisotopic (exact) mass is 215 g/mol. The van der Waals surface area contributed by atoms with Crippen molar-refractivity contribution in [2.45, 2.75) is 41.0 Å². The first-order chi connectivity index (χ1) is 7.41. The Bertz CT molecular complexity index is 417. The van der Waals surface area contributed by atoms with Crippen LogP contribution in [0.5, 0.6) is 0 Å². The van der Waals surface area contributed by atoms with Crippen molar-refractivity contribution in [2.75, 3.05) is 0 Å². The summed E-state index contributed by atoms with van der Waals surface area (Å²) in [6.07, 6.45) is 3.62. The average Bonchev–Trinajstić information content (AvgIpc) is 2.79. The van der Waals surface area contributed by atoms with Crippen LogP contribution in [-0.2, 0) is 0 Å². The third-order valence-electron chi connectivity index (χ3n) is 4.91. The highest BCUT2D eigenvalue weighted by atomic mass is 14.7. The molecular weight excluding hydrogens is 194 g/mol. The molecule has 0 aromatic rings. The van der Waals surface area contributed by atoms with Crippen molar-refractivity contribution in [3.63, 3.8) is 0 Å². The first-order valence-corrected chi connectivity index (χ1v) is 6.15. The summed E-state index contributed by atoms with van der Waals surface area (Å²) in [6, 6.07) is 2.30. The van der Waals surface area contributed by atoms with Crippen molar-refractivity contribution in [3.8, 4) is 6.07 Å². The van der Waals surface area contributed by atoms with Crippen molar-refractivity contribution < 1.29 is 0 Å². The van der Waals surface area contributed by atoms with E-state index in [4.69, 9.17) is 5.26 Å². The van der Waals surface area contributed by atoms with Crippen molar-refractivity contribution in [3.05, 3.63) is 22.8 Å². The van der Waals surface area contributed by atoms with Crippen molar-refractivity contribution in [2.24, 2.45) is 23.2 Å². The lowest BCUT2D eigenvalue weighted by atomic mass is 9.80. The topological polar surface area (TPSA) is 23.8 Å². The summed E-state index contributed by atoms with van der Waals surface area (Å²) in [6.45, 7) is 11.1. The number of rotatable bonds is 1. The zero-order chi connectivity index (χ0) is 12.1. The highest BCUT2D eigenvalue weighted by Gasteiger charge is 2.61. The number of hydrogen-bond acceptors (Lipinski definition) is 1. The molecule has 1 heteroatoms. The molecule has 0 saturated heterocycles. The molecule has 16 heavy (non-hydrogen) atoms. The van der Waals surface area contributed by atoms with Crippen LogP contribution in [0.25, 0.3) is 0 Å². The Morgan fingerprint density at radius 2 is 2.06 bits per heavy atom. The molecule has 0 amide bonds. The Labute approximate surface area is 98.9 Å². The van der Waals surface area contributed by atoms with E-state index >= 15 is 0 Å². The van der Waals surface area contributed by atoms with Gasteiger partial charge in [0.1, 0.15) is 0 Å². The number of allylic oxidation sites excluding steroid dienone is 4. The van der Waals surface area contributed by atoms with Gasteiger partial charge in [0.05, 0.1) is 6.07 Å². The molecule has 0 aromatic carbocycles. The number of nitriles is 1. The quantitative estimate of drug-likeness (QED) is 0.477. The van der Waals surface area contributed by atoms with E-state index in [1.165, 1.54) is 17.6 Å². The highest BCUT2D eigenvalue weighted by molar-refractivity contribution is 5.36. The molecule has 86 valence electrons. The maximum absolute atomic E-state index is 9.02. The van der Waals surface area contributed by atoms with E-state index < -0.39 is 0 Å². The maximum atomic E-state index is 9.02. The Kier molecular flexibility index (Phi) is 2.49. The van der Waals surface area contributed by atoms with Crippen LogP contribution in [0.2, 0.25) is 0 Å². The van der Waals surface area contributed by atoms with Gasteiger partial charge in [-0.05, 0) is 44.4 Å². The average molecular weight is 215 g/mol. The standard InChI is InChI=1S/C15H21N/c1-9-6-7-12-14(15(12,4)5)13(9)11(3)10(2)8-16/h6,12-14H,7H2,1-5H3. The summed E-state index contributed by atoms with van der Waals surface area (Å²) in [4.78, 5) is 0. The van der Waals surface area contributed by atoms with E-state index in [1.807, 2.05) is 6.92 Å². The molecule has 0 radical (unpaired) electrons. The minimum Gasteiger partial charge on any atom is -0.193 e. The van der Waals surface area contributed by atoms with Gasteiger partial charge < -0.3 is 0 Å². The molecule has 2 aliphatic rings. The lowest BCUT2D eigenvalue weighted by Gasteiger charge is -2.24. The molecule has 0 aromatic heterocycles. The van der Waals surface area contributed by atoms with Crippen LogP contribution in [0.4, 0.5) is 0 Å². The second-order valence-electron chi connectivity index (χ2n) is 6.03. The zero-order valence-electron chi connectivity index (χ0n) is 11.0. The molecular formula is C15H21N. The largest absolute Gasteiger partial charge is 0.193 e. The summed E-state index contributed by atoms with van der Waals surface area (Å²) in [7, 11) is 0. The maximum Gasteiger partial charge on any atom is 0.0943 e. The highest BCUT2D eigenvalue weighted by Crippen LogP contribution is 2.67. The van der Waals surface area contributed by atoms with Gasteiger partial charge in [-0.2, -0.15) is 5.26 Å². The molecule has 1 saturated carbocycles. The molecule has 3 unspecified atom stereocenters. The molecule has 1 fully saturated rings. The molecule has 0 aliphatic heterocycles. The Hall–Kier alpha value is -1.03. The smallest absolute Gasteiger partial charge is 0.0943 e. The lowest BCUT2D eigenvalue weighted by molar-refractivity contribution is 0.481. The molecule has 0 N–H and O–H groups in total. The molecule has 0 heterocycles. The lowest BCUT2D eigenvalue weighted by Crippen LogP contribution is -2.14. The summed E-state index contributed by atoms with van der Waals surface area (Å²) in [5, 5.41) is 9.02. The molecule has 0 spiro atoms. The van der Waals surface area contributed by atoms with Gasteiger partial charge >= 0.3 is 0 Å². The zero-order valence-corrected chi connectivity index (χ0v) is 11.0. The van der Waals surface area contributed by atoms with Crippen LogP contribution >= 0.6 is 0 Å². The molecule has 1 nitrogen and oxygen atoms in total. The molecule has 2 aliphatic carbocycles. The van der Waals surface area contributed by atoms with Crippen molar-refractivity contribution in [1.29, 1.82) is 5.26 Å². The fourth-order valence-electron chi connectivity index (χ4n) is 3.55. The number of nitrogens with zero attached hydrogens (tertiary/aromatic N) is 1. The normalized spacial score (nSPS) is 36.8. The van der Waals surface area contributed by atoms with E-state index in [9.17, 15) is 0 Å². The number of fused-ring (bicyclic) bond motifs is 1. The fraction of sp³-hybridized carbons (Fsp3) is 0.667. The third-order valence-corrected chi connectivity index (χ3v) is 4.91. The Morgan fingerprint density at radius 1 is 1.44 bits per heavy atom. The second-order valence-corrected chi connectivity index (χ2v) is 6.03. The predicted octanol–water partition coefficient (Wildman–Crippen LogP) is 4.08. The van der Waals surface area contributed by atoms with Gasteiger partial charge in [0.2, 0.25) is 0 Å². The van der Waals surface area contributed by atoms with Crippen LogP contribution in [0, 0.1) is 34.5 Å². The fourth-order valence-corrected chi connectivity index (χ4v) is 3.55.